The van der Waals surface area contributed by atoms with Crippen LogP contribution in [0.4, 0.5) is 4.79 Å². The molecule has 1 N–H and O–H groups in total. The van der Waals surface area contributed by atoms with Crippen LogP contribution < -0.4 is 14.8 Å². The zero-order valence-electron chi connectivity index (χ0n) is 22.0. The van der Waals surface area contributed by atoms with E-state index in [1.807, 2.05) is 54.6 Å². The number of nitrogens with one attached hydrogen (secondary N) is 1. The van der Waals surface area contributed by atoms with Crippen molar-refractivity contribution in [3.05, 3.63) is 103 Å². The fourth-order valence-electron chi connectivity index (χ4n) is 4.30. The molecule has 0 spiro atoms. The summed E-state index contributed by atoms with van der Waals surface area (Å²) < 4.78 is 18.5. The van der Waals surface area contributed by atoms with Crippen LogP contribution in [0.25, 0.3) is 11.3 Å². The first-order valence-corrected chi connectivity index (χ1v) is 13.3. The number of aromatic nitrogens is 2. The number of ether oxygens (including phenoxy) is 3. The zero-order chi connectivity index (χ0) is 26.7. The molecule has 0 atom stereocenters. The third-order valence-corrected chi connectivity index (χ3v) is 6.51. The molecular formula is C31H34N4O4. The van der Waals surface area contributed by atoms with E-state index >= 15 is 0 Å². The van der Waals surface area contributed by atoms with Gasteiger partial charge in [-0.2, -0.15) is 0 Å². The molecule has 1 amide bonds. The number of benzene rings is 3. The van der Waals surface area contributed by atoms with E-state index in [0.717, 1.165) is 61.2 Å². The standard InChI is InChI=1S/C31H34N4O4/c36-31(32-15-4-18-38-28-5-2-1-3-6-28)35-22-30(33-24-35)27-11-13-29(14-12-27)39-23-26-9-7-25(8-10-26)21-34-16-19-37-20-17-34/h1-3,5-14,22,24H,4,15-21,23H2,(H,32,36). The SMILES string of the molecule is O=C(NCCCOc1ccccc1)n1cnc(-c2ccc(OCc3ccc(CN4CCOCC4)cc3)cc2)c1. The monoisotopic (exact) mass is 526 g/mol. The number of hydrogen-bond donors (Lipinski definition) is 1. The van der Waals surface area contributed by atoms with Crippen molar-refractivity contribution in [1.29, 1.82) is 0 Å². The first kappa shape index (κ1) is 26.5. The Labute approximate surface area is 229 Å². The molecule has 1 aliphatic rings. The lowest BCUT2D eigenvalue weighted by molar-refractivity contribution is 0.0342. The molecule has 4 aromatic rings. The lowest BCUT2D eigenvalue weighted by Gasteiger charge is -2.26. The second-order valence-corrected chi connectivity index (χ2v) is 9.43. The fourth-order valence-corrected chi connectivity index (χ4v) is 4.30. The van der Waals surface area contributed by atoms with Gasteiger partial charge in [0.2, 0.25) is 0 Å². The predicted molar refractivity (Wildman–Crippen MR) is 150 cm³/mol. The van der Waals surface area contributed by atoms with E-state index in [1.54, 1.807) is 6.20 Å². The summed E-state index contributed by atoms with van der Waals surface area (Å²) in [6.07, 6.45) is 3.96. The summed E-state index contributed by atoms with van der Waals surface area (Å²) >= 11 is 0. The summed E-state index contributed by atoms with van der Waals surface area (Å²) in [7, 11) is 0. The molecule has 0 bridgehead atoms. The van der Waals surface area contributed by atoms with Gasteiger partial charge in [-0.1, -0.05) is 42.5 Å². The first-order valence-electron chi connectivity index (χ1n) is 13.3. The quantitative estimate of drug-likeness (QED) is 0.278. The summed E-state index contributed by atoms with van der Waals surface area (Å²) in [5.74, 6) is 1.61. The van der Waals surface area contributed by atoms with Gasteiger partial charge in [-0.05, 0) is 53.9 Å². The third kappa shape index (κ3) is 7.92. The second-order valence-electron chi connectivity index (χ2n) is 9.43. The highest BCUT2D eigenvalue weighted by atomic mass is 16.5. The summed E-state index contributed by atoms with van der Waals surface area (Å²) in [6, 6.07) is 25.8. The van der Waals surface area contributed by atoms with E-state index in [9.17, 15) is 4.79 Å². The Morgan fingerprint density at radius 3 is 2.36 bits per heavy atom. The number of morpholine rings is 1. The van der Waals surface area contributed by atoms with E-state index < -0.39 is 0 Å². The lowest BCUT2D eigenvalue weighted by atomic mass is 10.1. The van der Waals surface area contributed by atoms with Crippen LogP contribution in [0.1, 0.15) is 17.5 Å². The van der Waals surface area contributed by atoms with Gasteiger partial charge in [0.25, 0.3) is 0 Å². The Bertz CT molecular complexity index is 1300. The van der Waals surface area contributed by atoms with Crippen molar-refractivity contribution in [2.24, 2.45) is 0 Å². The highest BCUT2D eigenvalue weighted by molar-refractivity contribution is 5.77. The number of nitrogens with zero attached hydrogens (tertiary/aromatic N) is 3. The minimum Gasteiger partial charge on any atom is -0.494 e. The van der Waals surface area contributed by atoms with Gasteiger partial charge in [0, 0.05) is 37.9 Å². The van der Waals surface area contributed by atoms with Gasteiger partial charge in [0.05, 0.1) is 25.5 Å². The van der Waals surface area contributed by atoms with E-state index in [0.29, 0.717) is 26.2 Å². The van der Waals surface area contributed by atoms with Gasteiger partial charge in [-0.15, -0.1) is 0 Å². The lowest BCUT2D eigenvalue weighted by Crippen LogP contribution is -2.35. The molecule has 202 valence electrons. The molecule has 1 fully saturated rings. The summed E-state index contributed by atoms with van der Waals surface area (Å²) in [5.41, 5.74) is 4.06. The molecule has 0 radical (unpaired) electrons. The van der Waals surface area contributed by atoms with Gasteiger partial charge in [-0.25, -0.2) is 9.78 Å². The topological polar surface area (TPSA) is 77.8 Å². The Kier molecular flexibility index (Phi) is 9.23. The largest absolute Gasteiger partial charge is 0.494 e. The number of hydrogen-bond acceptors (Lipinski definition) is 6. The molecule has 1 saturated heterocycles. The van der Waals surface area contributed by atoms with Crippen LogP contribution >= 0.6 is 0 Å². The molecule has 39 heavy (non-hydrogen) atoms. The van der Waals surface area contributed by atoms with Crippen molar-refractivity contribution in [3.63, 3.8) is 0 Å². The van der Waals surface area contributed by atoms with Crippen molar-refractivity contribution < 1.29 is 19.0 Å². The number of imidazole rings is 1. The van der Waals surface area contributed by atoms with Crippen LogP contribution in [0, 0.1) is 0 Å². The Morgan fingerprint density at radius 2 is 1.59 bits per heavy atom. The summed E-state index contributed by atoms with van der Waals surface area (Å²) in [5, 5.41) is 2.89. The van der Waals surface area contributed by atoms with E-state index in [-0.39, 0.29) is 6.03 Å². The van der Waals surface area contributed by atoms with E-state index in [1.165, 1.54) is 16.5 Å². The van der Waals surface area contributed by atoms with E-state index in [2.05, 4.69) is 39.5 Å². The number of amides is 1. The molecule has 5 rings (SSSR count). The summed E-state index contributed by atoms with van der Waals surface area (Å²) in [6.45, 7) is 6.10. The first-order chi connectivity index (χ1) is 19.2. The second kappa shape index (κ2) is 13.6. The molecule has 8 heteroatoms. The van der Waals surface area contributed by atoms with Gasteiger partial charge < -0.3 is 19.5 Å². The van der Waals surface area contributed by atoms with Gasteiger partial charge in [-0.3, -0.25) is 9.47 Å². The molecular weight excluding hydrogens is 492 g/mol. The van der Waals surface area contributed by atoms with Crippen molar-refractivity contribution in [3.8, 4) is 22.8 Å². The van der Waals surface area contributed by atoms with Crippen LogP contribution in [-0.4, -0.2) is 59.9 Å². The predicted octanol–water partition coefficient (Wildman–Crippen LogP) is 4.99. The molecule has 3 aromatic carbocycles. The smallest absolute Gasteiger partial charge is 0.326 e. The van der Waals surface area contributed by atoms with Crippen LogP contribution in [0.15, 0.2) is 91.4 Å². The molecule has 2 heterocycles. The molecule has 1 aromatic heterocycles. The molecule has 0 unspecified atom stereocenters. The third-order valence-electron chi connectivity index (χ3n) is 6.51. The van der Waals surface area contributed by atoms with Crippen LogP contribution in [0.3, 0.4) is 0 Å². The minimum atomic E-state index is -0.218. The molecule has 0 aliphatic carbocycles. The average Bonchev–Trinajstić information content (AvgIpc) is 3.49. The number of rotatable bonds is 11. The number of carbonyl (C=O) groups excluding carboxylic acids is 1. The highest BCUT2D eigenvalue weighted by Crippen LogP contribution is 2.22. The Morgan fingerprint density at radius 1 is 0.872 bits per heavy atom. The maximum Gasteiger partial charge on any atom is 0.326 e. The highest BCUT2D eigenvalue weighted by Gasteiger charge is 2.11. The van der Waals surface area contributed by atoms with Crippen LogP contribution in [0.2, 0.25) is 0 Å². The van der Waals surface area contributed by atoms with Gasteiger partial charge in [0.1, 0.15) is 24.4 Å². The number of carbonyl (C=O) groups is 1. The Hall–Kier alpha value is -4.14. The van der Waals surface area contributed by atoms with Crippen molar-refractivity contribution in [2.75, 3.05) is 39.5 Å². The summed E-state index contributed by atoms with van der Waals surface area (Å²) in [4.78, 5) is 19.3. The molecule has 0 saturated carbocycles. The fraction of sp³-hybridized carbons (Fsp3) is 0.290. The van der Waals surface area contributed by atoms with Gasteiger partial charge in [0.15, 0.2) is 0 Å². The maximum atomic E-state index is 12.5. The minimum absolute atomic E-state index is 0.218. The van der Waals surface area contributed by atoms with Crippen molar-refractivity contribution in [1.82, 2.24) is 19.8 Å². The van der Waals surface area contributed by atoms with Crippen LogP contribution in [0.5, 0.6) is 11.5 Å². The van der Waals surface area contributed by atoms with Crippen molar-refractivity contribution >= 4 is 6.03 Å². The van der Waals surface area contributed by atoms with Crippen molar-refractivity contribution in [2.45, 2.75) is 19.6 Å². The normalized spacial score (nSPS) is 13.6. The zero-order valence-corrected chi connectivity index (χ0v) is 22.0. The number of para-hydroxylation sites is 1. The molecule has 8 nitrogen and oxygen atoms in total. The van der Waals surface area contributed by atoms with E-state index in [4.69, 9.17) is 14.2 Å². The van der Waals surface area contributed by atoms with Crippen LogP contribution in [-0.2, 0) is 17.9 Å². The average molecular weight is 527 g/mol. The molecule has 1 aliphatic heterocycles. The maximum absolute atomic E-state index is 12.5. The van der Waals surface area contributed by atoms with Gasteiger partial charge >= 0.3 is 6.03 Å². The Balaban J connectivity index is 1.04.